The number of para-hydroxylation sites is 1. The molecule has 1 saturated carbocycles. The van der Waals surface area contributed by atoms with Gasteiger partial charge in [0.2, 0.25) is 0 Å². The van der Waals surface area contributed by atoms with E-state index in [0.717, 1.165) is 35.6 Å². The van der Waals surface area contributed by atoms with Gasteiger partial charge in [-0.15, -0.1) is 11.3 Å². The molecule has 2 unspecified atom stereocenters. The zero-order valence-electron chi connectivity index (χ0n) is 16.1. The zero-order valence-corrected chi connectivity index (χ0v) is 16.9. The highest BCUT2D eigenvalue weighted by Crippen LogP contribution is 2.38. The number of hydrogen-bond donors (Lipinski definition) is 1. The molecule has 2 fully saturated rings. The minimum absolute atomic E-state index is 0.0138. The number of pyridine rings is 1. The summed E-state index contributed by atoms with van der Waals surface area (Å²) in [5, 5.41) is 12.8. The van der Waals surface area contributed by atoms with Crippen molar-refractivity contribution in [2.24, 2.45) is 5.92 Å². The normalized spacial score (nSPS) is 22.0. The highest BCUT2D eigenvalue weighted by atomic mass is 32.1. The molecule has 3 atom stereocenters. The lowest BCUT2D eigenvalue weighted by Gasteiger charge is -2.21. The van der Waals surface area contributed by atoms with Crippen molar-refractivity contribution >= 4 is 17.2 Å². The molecule has 1 amide bonds. The van der Waals surface area contributed by atoms with E-state index in [4.69, 9.17) is 4.74 Å². The summed E-state index contributed by atoms with van der Waals surface area (Å²) >= 11 is 1.31. The minimum atomic E-state index is -0.192. The van der Waals surface area contributed by atoms with Gasteiger partial charge < -0.3 is 15.0 Å². The Kier molecular flexibility index (Phi) is 4.81. The lowest BCUT2D eigenvalue weighted by atomic mass is 10.1. The van der Waals surface area contributed by atoms with Gasteiger partial charge >= 0.3 is 0 Å². The van der Waals surface area contributed by atoms with E-state index in [9.17, 15) is 10.1 Å². The van der Waals surface area contributed by atoms with Crippen LogP contribution < -0.4 is 10.1 Å². The fraction of sp³-hybridized carbons (Fsp3) is 0.273. The number of carbonyl (C=O) groups is 1. The summed E-state index contributed by atoms with van der Waals surface area (Å²) in [6.07, 6.45) is 9.30. The first kappa shape index (κ1) is 18.6. The molecule has 1 aliphatic heterocycles. The van der Waals surface area contributed by atoms with Gasteiger partial charge in [-0.05, 0) is 37.0 Å². The maximum Gasteiger partial charge on any atom is 0.280 e. The van der Waals surface area contributed by atoms with Gasteiger partial charge in [-0.25, -0.2) is 4.98 Å². The SMILES string of the molecule is N#CN1CC2CCC1[C@@H]2NC(=O)c1ncc(-c2cnccc2Oc2ccccc2)s1. The van der Waals surface area contributed by atoms with Crippen LogP contribution in [0.25, 0.3) is 10.4 Å². The Balaban J connectivity index is 1.34. The third kappa shape index (κ3) is 3.37. The second-order valence-corrected chi connectivity index (χ2v) is 8.50. The number of hydrogen-bond acceptors (Lipinski definition) is 7. The van der Waals surface area contributed by atoms with Gasteiger partial charge in [-0.1, -0.05) is 18.2 Å². The summed E-state index contributed by atoms with van der Waals surface area (Å²) in [6, 6.07) is 11.4. The van der Waals surface area contributed by atoms with Crippen molar-refractivity contribution in [3.63, 3.8) is 0 Å². The lowest BCUT2D eigenvalue weighted by Crippen LogP contribution is -2.42. The van der Waals surface area contributed by atoms with Gasteiger partial charge in [0.05, 0.1) is 22.5 Å². The molecule has 150 valence electrons. The third-order valence-corrected chi connectivity index (χ3v) is 6.76. The smallest absolute Gasteiger partial charge is 0.280 e. The van der Waals surface area contributed by atoms with Crippen LogP contribution in [0.5, 0.6) is 11.5 Å². The Morgan fingerprint density at radius 2 is 2.10 bits per heavy atom. The van der Waals surface area contributed by atoms with Crippen LogP contribution in [0.1, 0.15) is 22.6 Å². The summed E-state index contributed by atoms with van der Waals surface area (Å²) in [7, 11) is 0. The van der Waals surface area contributed by atoms with Crippen molar-refractivity contribution in [2.75, 3.05) is 6.54 Å². The number of fused-ring (bicyclic) bond motifs is 2. The summed E-state index contributed by atoms with van der Waals surface area (Å²) in [6.45, 7) is 0.727. The summed E-state index contributed by atoms with van der Waals surface area (Å²) in [4.78, 5) is 24.0. The maximum atomic E-state index is 12.8. The molecule has 7 nitrogen and oxygen atoms in total. The van der Waals surface area contributed by atoms with Crippen molar-refractivity contribution in [1.29, 1.82) is 5.26 Å². The molecule has 3 heterocycles. The number of piperidine rings is 1. The quantitative estimate of drug-likeness (QED) is 0.637. The molecule has 0 radical (unpaired) electrons. The van der Waals surface area contributed by atoms with Gasteiger partial charge in [-0.2, -0.15) is 5.26 Å². The molecule has 0 spiro atoms. The predicted molar refractivity (Wildman–Crippen MR) is 112 cm³/mol. The predicted octanol–water partition coefficient (Wildman–Crippen LogP) is 3.67. The molecule has 1 saturated heterocycles. The monoisotopic (exact) mass is 417 g/mol. The Morgan fingerprint density at radius 1 is 1.23 bits per heavy atom. The zero-order chi connectivity index (χ0) is 20.5. The topological polar surface area (TPSA) is 91.1 Å². The molecular formula is C22H19N5O2S. The van der Waals surface area contributed by atoms with E-state index in [1.807, 2.05) is 30.3 Å². The highest BCUT2D eigenvalue weighted by Gasteiger charge is 2.47. The number of aromatic nitrogens is 2. The first-order valence-electron chi connectivity index (χ1n) is 9.83. The third-order valence-electron chi connectivity index (χ3n) is 5.73. The van der Waals surface area contributed by atoms with Crippen LogP contribution in [0.2, 0.25) is 0 Å². The van der Waals surface area contributed by atoms with Crippen molar-refractivity contribution in [3.8, 4) is 28.1 Å². The Hall–Kier alpha value is -3.44. The molecule has 1 aliphatic carbocycles. The average Bonchev–Trinajstić information content (AvgIpc) is 3.50. The van der Waals surface area contributed by atoms with Crippen molar-refractivity contribution in [2.45, 2.75) is 24.9 Å². The second-order valence-electron chi connectivity index (χ2n) is 7.47. The molecule has 1 N–H and O–H groups in total. The Labute approximate surface area is 178 Å². The number of nitrogens with zero attached hydrogens (tertiary/aromatic N) is 4. The maximum absolute atomic E-state index is 12.8. The number of rotatable bonds is 5. The van der Waals surface area contributed by atoms with Gasteiger partial charge in [0.1, 0.15) is 11.5 Å². The Morgan fingerprint density at radius 3 is 2.90 bits per heavy atom. The fourth-order valence-corrected chi connectivity index (χ4v) is 5.15. The number of ether oxygens (including phenoxy) is 1. The largest absolute Gasteiger partial charge is 0.457 e. The molecule has 2 bridgehead atoms. The molecule has 8 heteroatoms. The van der Waals surface area contributed by atoms with Crippen molar-refractivity contribution in [3.05, 3.63) is 60.0 Å². The van der Waals surface area contributed by atoms with Crippen LogP contribution in [0.4, 0.5) is 0 Å². The van der Waals surface area contributed by atoms with E-state index in [-0.39, 0.29) is 18.0 Å². The number of nitrogens with one attached hydrogen (secondary N) is 1. The van der Waals surface area contributed by atoms with Crippen molar-refractivity contribution < 1.29 is 9.53 Å². The molecule has 2 aromatic heterocycles. The van der Waals surface area contributed by atoms with E-state index in [1.165, 1.54) is 11.3 Å². The average molecular weight is 417 g/mol. The molecule has 2 aliphatic rings. The first-order chi connectivity index (χ1) is 14.7. The van der Waals surface area contributed by atoms with Crippen LogP contribution in [0, 0.1) is 17.4 Å². The van der Waals surface area contributed by atoms with E-state index >= 15 is 0 Å². The molecule has 1 aromatic carbocycles. The number of carbonyl (C=O) groups excluding carboxylic acids is 1. The summed E-state index contributed by atoms with van der Waals surface area (Å²) in [5.41, 5.74) is 0.787. The number of thiazole rings is 1. The minimum Gasteiger partial charge on any atom is -0.457 e. The summed E-state index contributed by atoms with van der Waals surface area (Å²) < 4.78 is 6.00. The number of amides is 1. The number of nitriles is 1. The molecule has 30 heavy (non-hydrogen) atoms. The van der Waals surface area contributed by atoms with Crippen LogP contribution in [-0.2, 0) is 0 Å². The van der Waals surface area contributed by atoms with Crippen LogP contribution in [0.15, 0.2) is 55.0 Å². The van der Waals surface area contributed by atoms with E-state index in [1.54, 1.807) is 29.6 Å². The lowest BCUT2D eigenvalue weighted by molar-refractivity contribution is 0.0929. The van der Waals surface area contributed by atoms with E-state index in [0.29, 0.717) is 16.7 Å². The van der Waals surface area contributed by atoms with Crippen molar-refractivity contribution in [1.82, 2.24) is 20.2 Å². The van der Waals surface area contributed by atoms with Gasteiger partial charge in [0.15, 0.2) is 11.2 Å². The molecule has 5 rings (SSSR count). The van der Waals surface area contributed by atoms with E-state index in [2.05, 4.69) is 21.5 Å². The fourth-order valence-electron chi connectivity index (χ4n) is 4.32. The summed E-state index contributed by atoms with van der Waals surface area (Å²) in [5.74, 6) is 1.53. The van der Waals surface area contributed by atoms with Crippen LogP contribution >= 0.6 is 11.3 Å². The highest BCUT2D eigenvalue weighted by molar-refractivity contribution is 7.17. The second kappa shape index (κ2) is 7.76. The molecular weight excluding hydrogens is 398 g/mol. The van der Waals surface area contributed by atoms with Gasteiger partial charge in [-0.3, -0.25) is 9.78 Å². The number of benzene rings is 1. The first-order valence-corrected chi connectivity index (χ1v) is 10.6. The van der Waals surface area contributed by atoms with Gasteiger partial charge in [0, 0.05) is 25.1 Å². The standard InChI is InChI=1S/C22H19N5O2S/c23-13-27-12-14-6-7-17(27)20(14)26-21(28)22-25-11-19(30-22)16-10-24-9-8-18(16)29-15-4-2-1-3-5-15/h1-5,8-11,14,17,20H,6-7,12H2,(H,26,28)/t14?,17?,20-/m1/s1. The number of likely N-dealkylation sites (tertiary alicyclic amines) is 1. The van der Waals surface area contributed by atoms with Crippen LogP contribution in [-0.4, -0.2) is 39.4 Å². The Bertz CT molecular complexity index is 1110. The van der Waals surface area contributed by atoms with E-state index < -0.39 is 0 Å². The van der Waals surface area contributed by atoms with Gasteiger partial charge in [0.25, 0.3) is 5.91 Å². The van der Waals surface area contributed by atoms with Crippen LogP contribution in [0.3, 0.4) is 0 Å². The molecule has 3 aromatic rings.